The summed E-state index contributed by atoms with van der Waals surface area (Å²) in [6.45, 7) is 0.0692. The highest BCUT2D eigenvalue weighted by molar-refractivity contribution is 6.46. The molecule has 7 nitrogen and oxygen atoms in total. The standard InChI is InChI=1S/C27H23Cl2NO6/c1-34-20-7-5-4-6-16(20)14-30-24(15-8-10-17(28)11-9-15)23(26(32)27(30)33)25(31)18-12-22(36-3)19(29)13-21(18)35-2/h4-13,24,31H,14H2,1-3H3/b25-23+. The zero-order chi connectivity index (χ0) is 26.0. The van der Waals surface area contributed by atoms with Crippen molar-refractivity contribution in [3.8, 4) is 17.2 Å². The van der Waals surface area contributed by atoms with Gasteiger partial charge in [-0.3, -0.25) is 9.59 Å². The van der Waals surface area contributed by atoms with Crippen LogP contribution in [0.15, 0.2) is 66.2 Å². The first kappa shape index (κ1) is 25.4. The van der Waals surface area contributed by atoms with Crippen molar-refractivity contribution in [2.24, 2.45) is 0 Å². The maximum absolute atomic E-state index is 13.4. The lowest BCUT2D eigenvalue weighted by Gasteiger charge is -2.26. The Morgan fingerprint density at radius 2 is 1.53 bits per heavy atom. The van der Waals surface area contributed by atoms with E-state index in [1.807, 2.05) is 18.2 Å². The Labute approximate surface area is 218 Å². The summed E-state index contributed by atoms with van der Waals surface area (Å²) in [6.07, 6.45) is 0. The monoisotopic (exact) mass is 527 g/mol. The lowest BCUT2D eigenvalue weighted by Crippen LogP contribution is -2.29. The van der Waals surface area contributed by atoms with Crippen LogP contribution in [0.4, 0.5) is 0 Å². The Bertz CT molecular complexity index is 1350. The highest BCUT2D eigenvalue weighted by Gasteiger charge is 2.46. The van der Waals surface area contributed by atoms with Crippen LogP contribution in [0.25, 0.3) is 5.76 Å². The molecule has 1 heterocycles. The molecule has 0 bridgehead atoms. The minimum Gasteiger partial charge on any atom is -0.507 e. The Balaban J connectivity index is 1.93. The van der Waals surface area contributed by atoms with Crippen molar-refractivity contribution in [2.45, 2.75) is 12.6 Å². The molecule has 1 atom stereocenters. The summed E-state index contributed by atoms with van der Waals surface area (Å²) in [7, 11) is 4.37. The van der Waals surface area contributed by atoms with Gasteiger partial charge in [0.15, 0.2) is 0 Å². The van der Waals surface area contributed by atoms with Crippen molar-refractivity contribution < 1.29 is 28.9 Å². The van der Waals surface area contributed by atoms with Gasteiger partial charge in [-0.25, -0.2) is 0 Å². The molecule has 0 radical (unpaired) electrons. The van der Waals surface area contributed by atoms with Crippen LogP contribution >= 0.6 is 23.2 Å². The number of carbonyl (C=O) groups is 2. The van der Waals surface area contributed by atoms with E-state index in [1.54, 1.807) is 30.3 Å². The minimum absolute atomic E-state index is 0.0692. The summed E-state index contributed by atoms with van der Waals surface area (Å²) in [5.41, 5.74) is 1.36. The van der Waals surface area contributed by atoms with Crippen molar-refractivity contribution >= 4 is 40.7 Å². The number of aliphatic hydroxyl groups excluding tert-OH is 1. The third-order valence-corrected chi connectivity index (χ3v) is 6.54. The van der Waals surface area contributed by atoms with Gasteiger partial charge in [0.05, 0.1) is 50.1 Å². The first-order valence-electron chi connectivity index (χ1n) is 10.9. The molecule has 1 unspecified atom stereocenters. The topological polar surface area (TPSA) is 85.3 Å². The number of ketones is 1. The smallest absolute Gasteiger partial charge is 0.295 e. The average molecular weight is 528 g/mol. The fourth-order valence-corrected chi connectivity index (χ4v) is 4.60. The van der Waals surface area contributed by atoms with Crippen molar-refractivity contribution in [3.63, 3.8) is 0 Å². The zero-order valence-electron chi connectivity index (χ0n) is 19.7. The highest BCUT2D eigenvalue weighted by atomic mass is 35.5. The van der Waals surface area contributed by atoms with E-state index >= 15 is 0 Å². The van der Waals surface area contributed by atoms with Gasteiger partial charge in [-0.05, 0) is 29.8 Å². The largest absolute Gasteiger partial charge is 0.507 e. The van der Waals surface area contributed by atoms with Gasteiger partial charge in [-0.2, -0.15) is 0 Å². The van der Waals surface area contributed by atoms with Crippen molar-refractivity contribution in [2.75, 3.05) is 21.3 Å². The number of Topliss-reactive ketones (excluding diaryl/α,β-unsaturated/α-hetero) is 1. The maximum atomic E-state index is 13.4. The van der Waals surface area contributed by atoms with Crippen LogP contribution in [0.2, 0.25) is 10.0 Å². The van der Waals surface area contributed by atoms with Crippen LogP contribution < -0.4 is 14.2 Å². The van der Waals surface area contributed by atoms with E-state index in [1.165, 1.54) is 38.4 Å². The molecule has 4 rings (SSSR count). The number of methoxy groups -OCH3 is 3. The van der Waals surface area contributed by atoms with Crippen LogP contribution in [0.3, 0.4) is 0 Å². The molecule has 1 amide bonds. The number of nitrogens with zero attached hydrogens (tertiary/aromatic N) is 1. The van der Waals surface area contributed by atoms with Crippen molar-refractivity contribution in [3.05, 3.63) is 93.0 Å². The van der Waals surface area contributed by atoms with E-state index in [9.17, 15) is 14.7 Å². The van der Waals surface area contributed by atoms with Gasteiger partial charge in [0.1, 0.15) is 23.0 Å². The number of para-hydroxylation sites is 1. The maximum Gasteiger partial charge on any atom is 0.295 e. The summed E-state index contributed by atoms with van der Waals surface area (Å²) in [4.78, 5) is 28.1. The molecule has 3 aromatic carbocycles. The van der Waals surface area contributed by atoms with E-state index in [4.69, 9.17) is 37.4 Å². The molecule has 1 aliphatic rings. The van der Waals surface area contributed by atoms with Crippen molar-refractivity contribution in [1.82, 2.24) is 4.90 Å². The fraction of sp³-hybridized carbons (Fsp3) is 0.185. The fourth-order valence-electron chi connectivity index (χ4n) is 4.24. The van der Waals surface area contributed by atoms with E-state index in [2.05, 4.69) is 0 Å². The molecular weight excluding hydrogens is 505 g/mol. The molecule has 36 heavy (non-hydrogen) atoms. The van der Waals surface area contributed by atoms with Gasteiger partial charge in [0.25, 0.3) is 11.7 Å². The molecule has 9 heteroatoms. The quantitative estimate of drug-likeness (QED) is 0.243. The third kappa shape index (κ3) is 4.59. The van der Waals surface area contributed by atoms with E-state index < -0.39 is 23.5 Å². The average Bonchev–Trinajstić information content (AvgIpc) is 3.13. The summed E-state index contributed by atoms with van der Waals surface area (Å²) >= 11 is 12.3. The van der Waals surface area contributed by atoms with Crippen LogP contribution in [0.1, 0.15) is 22.7 Å². The number of hydrogen-bond acceptors (Lipinski definition) is 6. The lowest BCUT2D eigenvalue weighted by atomic mass is 9.94. The van der Waals surface area contributed by atoms with E-state index in [0.717, 1.165) is 0 Å². The van der Waals surface area contributed by atoms with Gasteiger partial charge in [-0.15, -0.1) is 0 Å². The Morgan fingerprint density at radius 1 is 0.889 bits per heavy atom. The third-order valence-electron chi connectivity index (χ3n) is 5.99. The van der Waals surface area contributed by atoms with Crippen LogP contribution in [0, 0.1) is 0 Å². The molecule has 1 fully saturated rings. The summed E-state index contributed by atoms with van der Waals surface area (Å²) in [5, 5.41) is 12.2. The summed E-state index contributed by atoms with van der Waals surface area (Å²) in [6, 6.07) is 16.0. The summed E-state index contributed by atoms with van der Waals surface area (Å²) in [5.74, 6) is -0.962. The molecule has 1 N–H and O–H groups in total. The number of halogens is 2. The van der Waals surface area contributed by atoms with Crippen LogP contribution in [-0.4, -0.2) is 43.0 Å². The number of hydrogen-bond donors (Lipinski definition) is 1. The van der Waals surface area contributed by atoms with Crippen LogP contribution in [0.5, 0.6) is 17.2 Å². The van der Waals surface area contributed by atoms with Gasteiger partial charge in [0, 0.05) is 16.7 Å². The number of likely N-dealkylation sites (tertiary alicyclic amines) is 1. The van der Waals surface area contributed by atoms with Crippen LogP contribution in [-0.2, 0) is 16.1 Å². The molecular formula is C27H23Cl2NO6. The molecule has 0 saturated carbocycles. The number of benzene rings is 3. The van der Waals surface area contributed by atoms with E-state index in [0.29, 0.717) is 21.9 Å². The second-order valence-electron chi connectivity index (χ2n) is 7.98. The predicted molar refractivity (Wildman–Crippen MR) is 137 cm³/mol. The van der Waals surface area contributed by atoms with Gasteiger partial charge in [-0.1, -0.05) is 53.5 Å². The molecule has 0 aromatic heterocycles. The van der Waals surface area contributed by atoms with Gasteiger partial charge in [0.2, 0.25) is 0 Å². The van der Waals surface area contributed by atoms with Gasteiger partial charge < -0.3 is 24.2 Å². The number of amides is 1. The Kier molecular flexibility index (Phi) is 7.43. The highest BCUT2D eigenvalue weighted by Crippen LogP contribution is 2.44. The molecule has 1 saturated heterocycles. The number of rotatable bonds is 7. The van der Waals surface area contributed by atoms with E-state index in [-0.39, 0.29) is 34.2 Å². The lowest BCUT2D eigenvalue weighted by molar-refractivity contribution is -0.140. The molecule has 3 aromatic rings. The van der Waals surface area contributed by atoms with Gasteiger partial charge >= 0.3 is 0 Å². The minimum atomic E-state index is -0.904. The summed E-state index contributed by atoms with van der Waals surface area (Å²) < 4.78 is 16.1. The molecule has 186 valence electrons. The predicted octanol–water partition coefficient (Wildman–Crippen LogP) is 5.64. The first-order valence-corrected chi connectivity index (χ1v) is 11.6. The normalized spacial score (nSPS) is 16.8. The second kappa shape index (κ2) is 10.5. The zero-order valence-corrected chi connectivity index (χ0v) is 21.3. The Morgan fingerprint density at radius 3 is 2.17 bits per heavy atom. The first-order chi connectivity index (χ1) is 17.3. The molecule has 0 aliphatic carbocycles. The Hall–Kier alpha value is -3.68. The number of carbonyl (C=O) groups excluding carboxylic acids is 2. The molecule has 0 spiro atoms. The number of aliphatic hydroxyl groups is 1. The second-order valence-corrected chi connectivity index (χ2v) is 8.82. The molecule has 1 aliphatic heterocycles. The number of ether oxygens (including phenoxy) is 3. The SMILES string of the molecule is COc1cc(/C(O)=C2\C(=O)C(=O)N(Cc3ccccc3OC)C2c2ccc(Cl)cc2)c(OC)cc1Cl. The van der Waals surface area contributed by atoms with Crippen molar-refractivity contribution in [1.29, 1.82) is 0 Å².